The summed E-state index contributed by atoms with van der Waals surface area (Å²) in [5.41, 5.74) is 0. The summed E-state index contributed by atoms with van der Waals surface area (Å²) < 4.78 is 0. The van der Waals surface area contributed by atoms with Crippen LogP contribution in [0.5, 0.6) is 0 Å². The van der Waals surface area contributed by atoms with Crippen LogP contribution in [0.4, 0.5) is 0 Å². The van der Waals surface area contributed by atoms with Crippen LogP contribution in [0.3, 0.4) is 0 Å². The largest absolute Gasteiger partial charge is 0.550 e. The van der Waals surface area contributed by atoms with Crippen LogP contribution < -0.4 is 5.11 Å². The fourth-order valence-electron chi connectivity index (χ4n) is 4.49. The third-order valence-corrected chi connectivity index (χ3v) is 5.39. The molecule has 0 radical (unpaired) electrons. The Morgan fingerprint density at radius 1 is 0.895 bits per heavy atom. The zero-order valence-electron chi connectivity index (χ0n) is 11.3. The summed E-state index contributed by atoms with van der Waals surface area (Å²) in [5, 5.41) is 11.4. The average Bonchev–Trinajstić information content (AvgIpc) is 2.89. The summed E-state index contributed by atoms with van der Waals surface area (Å²) in [7, 11) is 0. The van der Waals surface area contributed by atoms with Gasteiger partial charge in [0.15, 0.2) is 0 Å². The highest BCUT2D eigenvalue weighted by molar-refractivity contribution is 5.85. The van der Waals surface area contributed by atoms with Gasteiger partial charge in [-0.25, -0.2) is 0 Å². The summed E-state index contributed by atoms with van der Waals surface area (Å²) in [5.74, 6) is -1.22. The van der Waals surface area contributed by atoms with E-state index in [0.29, 0.717) is 5.92 Å². The molecule has 2 aliphatic carbocycles. The molecule has 0 aromatic carbocycles. The van der Waals surface area contributed by atoms with E-state index in [4.69, 9.17) is 0 Å². The topological polar surface area (TPSA) is 60.4 Å². The minimum Gasteiger partial charge on any atom is -0.550 e. The Labute approximate surface area is 114 Å². The van der Waals surface area contributed by atoms with Crippen LogP contribution in [0.2, 0.25) is 0 Å². The Balaban J connectivity index is 1.76. The predicted octanol–water partition coefficient (Wildman–Crippen LogP) is 0.801. The molecule has 4 atom stereocenters. The molecule has 0 aromatic rings. The van der Waals surface area contributed by atoms with Crippen molar-refractivity contribution in [3.63, 3.8) is 0 Å². The molecule has 2 saturated carbocycles. The minimum absolute atomic E-state index is 0.100. The van der Waals surface area contributed by atoms with Crippen molar-refractivity contribution >= 4 is 11.9 Å². The number of rotatable bonds is 2. The molecule has 1 amide bonds. The Kier molecular flexibility index (Phi) is 3.50. The first-order chi connectivity index (χ1) is 9.18. The standard InChI is InChI=1S/C15H23NO3/c17-14(16-7-3-1-2-4-8-16)12-10-5-6-11(9-10)13(12)15(18)19/h10-13H,1-9H2,(H,18,19)/p-1/t10-,11+,12+,13+/m1/s1. The Morgan fingerprint density at radius 2 is 1.47 bits per heavy atom. The molecule has 19 heavy (non-hydrogen) atoms. The molecule has 3 fully saturated rings. The van der Waals surface area contributed by atoms with E-state index in [1.54, 1.807) is 0 Å². The number of likely N-dealkylation sites (tertiary alicyclic amines) is 1. The van der Waals surface area contributed by atoms with E-state index in [9.17, 15) is 14.7 Å². The van der Waals surface area contributed by atoms with Crippen molar-refractivity contribution in [2.75, 3.05) is 13.1 Å². The maximum atomic E-state index is 12.7. The lowest BCUT2D eigenvalue weighted by Crippen LogP contribution is -2.47. The summed E-state index contributed by atoms with van der Waals surface area (Å²) in [6.45, 7) is 1.62. The van der Waals surface area contributed by atoms with Gasteiger partial charge >= 0.3 is 0 Å². The predicted molar refractivity (Wildman–Crippen MR) is 67.9 cm³/mol. The molecule has 3 aliphatic rings. The van der Waals surface area contributed by atoms with Gasteiger partial charge in [0, 0.05) is 30.9 Å². The highest BCUT2D eigenvalue weighted by atomic mass is 16.4. The Bertz CT molecular complexity index is 374. The van der Waals surface area contributed by atoms with Crippen LogP contribution in [0.1, 0.15) is 44.9 Å². The molecule has 1 aliphatic heterocycles. The van der Waals surface area contributed by atoms with Crippen molar-refractivity contribution in [3.05, 3.63) is 0 Å². The maximum absolute atomic E-state index is 12.7. The van der Waals surface area contributed by atoms with Gasteiger partial charge < -0.3 is 14.8 Å². The van der Waals surface area contributed by atoms with Gasteiger partial charge in [-0.05, 0) is 43.9 Å². The molecular weight excluding hydrogens is 242 g/mol. The molecule has 3 rings (SSSR count). The van der Waals surface area contributed by atoms with E-state index in [2.05, 4.69) is 0 Å². The Hall–Kier alpha value is -1.06. The second-order valence-corrected chi connectivity index (χ2v) is 6.44. The van der Waals surface area contributed by atoms with E-state index < -0.39 is 11.9 Å². The van der Waals surface area contributed by atoms with Crippen LogP contribution in [0.15, 0.2) is 0 Å². The third-order valence-electron chi connectivity index (χ3n) is 5.39. The maximum Gasteiger partial charge on any atom is 0.226 e. The molecule has 0 aromatic heterocycles. The fraction of sp³-hybridized carbons (Fsp3) is 0.867. The number of carbonyl (C=O) groups excluding carboxylic acids is 2. The number of fused-ring (bicyclic) bond motifs is 2. The van der Waals surface area contributed by atoms with Gasteiger partial charge in [0.2, 0.25) is 5.91 Å². The summed E-state index contributed by atoms with van der Waals surface area (Å²) >= 11 is 0. The van der Waals surface area contributed by atoms with Gasteiger partial charge in [0.25, 0.3) is 0 Å². The third kappa shape index (κ3) is 2.26. The summed E-state index contributed by atoms with van der Waals surface area (Å²) in [4.78, 5) is 26.0. The smallest absolute Gasteiger partial charge is 0.226 e. The molecule has 0 spiro atoms. The lowest BCUT2D eigenvalue weighted by atomic mass is 9.78. The van der Waals surface area contributed by atoms with Crippen molar-refractivity contribution in [1.29, 1.82) is 0 Å². The normalized spacial score (nSPS) is 38.2. The molecule has 0 N–H and O–H groups in total. The number of carbonyl (C=O) groups is 2. The van der Waals surface area contributed by atoms with Crippen molar-refractivity contribution in [2.24, 2.45) is 23.7 Å². The first-order valence-electron chi connectivity index (χ1n) is 7.68. The number of hydrogen-bond acceptors (Lipinski definition) is 3. The number of nitrogens with zero attached hydrogens (tertiary/aromatic N) is 1. The fourth-order valence-corrected chi connectivity index (χ4v) is 4.49. The quantitative estimate of drug-likeness (QED) is 0.741. The van der Waals surface area contributed by atoms with E-state index in [1.807, 2.05) is 4.90 Å². The molecule has 1 heterocycles. The van der Waals surface area contributed by atoms with Crippen molar-refractivity contribution in [3.8, 4) is 0 Å². The molecule has 106 valence electrons. The lowest BCUT2D eigenvalue weighted by Gasteiger charge is -2.34. The van der Waals surface area contributed by atoms with Gasteiger partial charge in [0.05, 0.1) is 0 Å². The van der Waals surface area contributed by atoms with E-state index in [1.165, 1.54) is 12.8 Å². The minimum atomic E-state index is -1.000. The van der Waals surface area contributed by atoms with Crippen molar-refractivity contribution in [2.45, 2.75) is 44.9 Å². The van der Waals surface area contributed by atoms with Crippen LogP contribution in [0, 0.1) is 23.7 Å². The van der Waals surface area contributed by atoms with Crippen molar-refractivity contribution in [1.82, 2.24) is 4.90 Å². The van der Waals surface area contributed by atoms with Crippen molar-refractivity contribution < 1.29 is 14.7 Å². The molecule has 0 unspecified atom stereocenters. The van der Waals surface area contributed by atoms with Crippen LogP contribution in [-0.4, -0.2) is 29.9 Å². The molecule has 4 heteroatoms. The SMILES string of the molecule is O=C([O-])[C@H]1[C@H]2CC[C@H](C2)[C@@H]1C(=O)N1CCCCCC1. The molecule has 4 nitrogen and oxygen atoms in total. The Morgan fingerprint density at radius 3 is 2.05 bits per heavy atom. The average molecular weight is 264 g/mol. The molecular formula is C15H22NO3-. The van der Waals surface area contributed by atoms with E-state index >= 15 is 0 Å². The highest BCUT2D eigenvalue weighted by Gasteiger charge is 2.52. The summed E-state index contributed by atoms with van der Waals surface area (Å²) in [6, 6.07) is 0. The van der Waals surface area contributed by atoms with E-state index in [0.717, 1.165) is 45.2 Å². The highest BCUT2D eigenvalue weighted by Crippen LogP contribution is 2.52. The zero-order valence-corrected chi connectivity index (χ0v) is 11.3. The number of carboxylic acid groups (broad SMARTS) is 1. The first kappa shape index (κ1) is 12.9. The number of aliphatic carboxylic acids is 1. The van der Waals surface area contributed by atoms with Gasteiger partial charge in [-0.2, -0.15) is 0 Å². The van der Waals surface area contributed by atoms with Gasteiger partial charge in [-0.15, -0.1) is 0 Å². The number of carboxylic acids is 1. The summed E-state index contributed by atoms with van der Waals surface area (Å²) in [6.07, 6.45) is 7.40. The van der Waals surface area contributed by atoms with Crippen LogP contribution in [-0.2, 0) is 9.59 Å². The second kappa shape index (κ2) is 5.14. The molecule has 1 saturated heterocycles. The van der Waals surface area contributed by atoms with Gasteiger partial charge in [-0.1, -0.05) is 12.8 Å². The number of amides is 1. The molecule has 2 bridgehead atoms. The van der Waals surface area contributed by atoms with Crippen LogP contribution in [0.25, 0.3) is 0 Å². The lowest BCUT2D eigenvalue weighted by molar-refractivity contribution is -0.314. The van der Waals surface area contributed by atoms with E-state index in [-0.39, 0.29) is 17.7 Å². The number of hydrogen-bond donors (Lipinski definition) is 0. The van der Waals surface area contributed by atoms with Crippen LogP contribution >= 0.6 is 0 Å². The van der Waals surface area contributed by atoms with Gasteiger partial charge in [-0.3, -0.25) is 4.79 Å². The van der Waals surface area contributed by atoms with Gasteiger partial charge in [0.1, 0.15) is 0 Å². The second-order valence-electron chi connectivity index (χ2n) is 6.44. The monoisotopic (exact) mass is 264 g/mol. The first-order valence-corrected chi connectivity index (χ1v) is 7.68. The zero-order chi connectivity index (χ0) is 13.4.